The average Bonchev–Trinajstić information content (AvgIpc) is 3.22. The van der Waals surface area contributed by atoms with Gasteiger partial charge in [-0.2, -0.15) is 0 Å². The van der Waals surface area contributed by atoms with Gasteiger partial charge in [-0.05, 0) is 44.0 Å². The third-order valence-electron chi connectivity index (χ3n) is 5.21. The Morgan fingerprint density at radius 2 is 1.96 bits per heavy atom. The maximum absolute atomic E-state index is 12.9. The van der Waals surface area contributed by atoms with Gasteiger partial charge in [0.1, 0.15) is 6.04 Å². The van der Waals surface area contributed by atoms with E-state index in [1.807, 2.05) is 0 Å². The number of anilines is 1. The van der Waals surface area contributed by atoms with Crippen molar-refractivity contribution in [2.24, 2.45) is 5.92 Å². The molecule has 4 amide bonds. The Kier molecular flexibility index (Phi) is 4.20. The Balaban J connectivity index is 1.58. The SMILES string of the molecule is O=C1CCC(N2C(=O)c3cccc(NCC4CCNC4)c3C2=O)C(=O)N1. The van der Waals surface area contributed by atoms with Gasteiger partial charge in [0.15, 0.2) is 0 Å². The van der Waals surface area contributed by atoms with E-state index in [2.05, 4.69) is 16.0 Å². The van der Waals surface area contributed by atoms with Crippen LogP contribution in [-0.2, 0) is 9.59 Å². The van der Waals surface area contributed by atoms with E-state index in [0.29, 0.717) is 29.3 Å². The van der Waals surface area contributed by atoms with Crippen molar-refractivity contribution in [2.75, 3.05) is 25.0 Å². The van der Waals surface area contributed by atoms with Crippen LogP contribution in [0, 0.1) is 5.92 Å². The van der Waals surface area contributed by atoms with Crippen molar-refractivity contribution in [1.29, 1.82) is 0 Å². The van der Waals surface area contributed by atoms with Crippen LogP contribution in [0.2, 0.25) is 0 Å². The van der Waals surface area contributed by atoms with E-state index in [9.17, 15) is 19.2 Å². The quantitative estimate of drug-likeness (QED) is 0.661. The minimum atomic E-state index is -0.938. The predicted molar refractivity (Wildman–Crippen MR) is 92.6 cm³/mol. The lowest BCUT2D eigenvalue weighted by Crippen LogP contribution is -2.54. The van der Waals surface area contributed by atoms with Crippen LogP contribution < -0.4 is 16.0 Å². The highest BCUT2D eigenvalue weighted by molar-refractivity contribution is 6.25. The molecule has 26 heavy (non-hydrogen) atoms. The van der Waals surface area contributed by atoms with Crippen molar-refractivity contribution in [3.05, 3.63) is 29.3 Å². The van der Waals surface area contributed by atoms with E-state index < -0.39 is 23.8 Å². The van der Waals surface area contributed by atoms with Gasteiger partial charge in [-0.15, -0.1) is 0 Å². The number of imide groups is 2. The van der Waals surface area contributed by atoms with Crippen molar-refractivity contribution in [3.8, 4) is 0 Å². The second-order valence-electron chi connectivity index (χ2n) is 6.92. The summed E-state index contributed by atoms with van der Waals surface area (Å²) in [4.78, 5) is 50.1. The molecule has 8 nitrogen and oxygen atoms in total. The lowest BCUT2D eigenvalue weighted by molar-refractivity contribution is -0.136. The molecule has 0 spiro atoms. The van der Waals surface area contributed by atoms with Crippen molar-refractivity contribution < 1.29 is 19.2 Å². The predicted octanol–water partition coefficient (Wildman–Crippen LogP) is 0.109. The Hall–Kier alpha value is -2.74. The maximum Gasteiger partial charge on any atom is 0.264 e. The van der Waals surface area contributed by atoms with Gasteiger partial charge >= 0.3 is 0 Å². The third kappa shape index (κ3) is 2.76. The minimum absolute atomic E-state index is 0.115. The first-order chi connectivity index (χ1) is 12.6. The van der Waals surface area contributed by atoms with Crippen molar-refractivity contribution in [2.45, 2.75) is 25.3 Å². The van der Waals surface area contributed by atoms with E-state index in [4.69, 9.17) is 0 Å². The summed E-state index contributed by atoms with van der Waals surface area (Å²) >= 11 is 0. The molecule has 136 valence electrons. The zero-order valence-corrected chi connectivity index (χ0v) is 14.2. The summed E-state index contributed by atoms with van der Waals surface area (Å²) in [5, 5.41) is 8.78. The lowest BCUT2D eigenvalue weighted by atomic mass is 10.0. The molecular formula is C18H20N4O4. The molecule has 2 atom stereocenters. The molecule has 2 saturated heterocycles. The Labute approximate surface area is 150 Å². The molecule has 3 N–H and O–H groups in total. The number of piperidine rings is 1. The molecule has 0 bridgehead atoms. The number of amides is 4. The van der Waals surface area contributed by atoms with Crippen LogP contribution >= 0.6 is 0 Å². The number of hydrogen-bond acceptors (Lipinski definition) is 6. The molecule has 3 aliphatic rings. The fraction of sp³-hybridized carbons (Fsp3) is 0.444. The molecule has 8 heteroatoms. The number of nitrogens with one attached hydrogen (secondary N) is 3. The summed E-state index contributed by atoms with van der Waals surface area (Å²) in [5.74, 6) is -1.46. The van der Waals surface area contributed by atoms with Crippen molar-refractivity contribution >= 4 is 29.3 Å². The van der Waals surface area contributed by atoms with Crippen LogP contribution in [0.25, 0.3) is 0 Å². The monoisotopic (exact) mass is 356 g/mol. The average molecular weight is 356 g/mol. The van der Waals surface area contributed by atoms with Gasteiger partial charge in [0.25, 0.3) is 11.8 Å². The number of carbonyl (C=O) groups is 4. The van der Waals surface area contributed by atoms with Gasteiger partial charge in [-0.25, -0.2) is 0 Å². The van der Waals surface area contributed by atoms with Crippen molar-refractivity contribution in [3.63, 3.8) is 0 Å². The normalized spacial score (nSPS) is 25.5. The van der Waals surface area contributed by atoms with Gasteiger partial charge in [0, 0.05) is 18.7 Å². The topological polar surface area (TPSA) is 108 Å². The molecule has 0 aromatic heterocycles. The second kappa shape index (κ2) is 6.53. The Bertz CT molecular complexity index is 800. The highest BCUT2D eigenvalue weighted by Gasteiger charge is 2.45. The van der Waals surface area contributed by atoms with Gasteiger partial charge in [-0.3, -0.25) is 29.4 Å². The number of rotatable bonds is 4. The van der Waals surface area contributed by atoms with Crippen LogP contribution in [0.5, 0.6) is 0 Å². The molecule has 3 heterocycles. The van der Waals surface area contributed by atoms with Crippen LogP contribution in [0.3, 0.4) is 0 Å². The zero-order valence-electron chi connectivity index (χ0n) is 14.2. The second-order valence-corrected chi connectivity index (χ2v) is 6.92. The van der Waals surface area contributed by atoms with Crippen LogP contribution in [0.1, 0.15) is 40.0 Å². The van der Waals surface area contributed by atoms with E-state index >= 15 is 0 Å². The number of fused-ring (bicyclic) bond motifs is 1. The molecule has 1 aromatic carbocycles. The first-order valence-electron chi connectivity index (χ1n) is 8.85. The minimum Gasteiger partial charge on any atom is -0.384 e. The van der Waals surface area contributed by atoms with Crippen molar-refractivity contribution in [1.82, 2.24) is 15.5 Å². The first-order valence-corrected chi connectivity index (χ1v) is 8.85. The summed E-state index contributed by atoms with van der Waals surface area (Å²) in [6.07, 6.45) is 1.34. The number of carbonyl (C=O) groups excluding carboxylic acids is 4. The fourth-order valence-corrected chi connectivity index (χ4v) is 3.81. The highest BCUT2D eigenvalue weighted by Crippen LogP contribution is 2.32. The lowest BCUT2D eigenvalue weighted by Gasteiger charge is -2.27. The van der Waals surface area contributed by atoms with Crippen LogP contribution in [-0.4, -0.2) is 54.2 Å². The largest absolute Gasteiger partial charge is 0.384 e. The molecule has 2 fully saturated rings. The van der Waals surface area contributed by atoms with Gasteiger partial charge in [0.05, 0.1) is 11.1 Å². The number of benzene rings is 1. The third-order valence-corrected chi connectivity index (χ3v) is 5.21. The summed E-state index contributed by atoms with van der Waals surface area (Å²) in [7, 11) is 0. The van der Waals surface area contributed by atoms with E-state index in [0.717, 1.165) is 24.4 Å². The Morgan fingerprint density at radius 3 is 2.69 bits per heavy atom. The molecule has 2 unspecified atom stereocenters. The molecule has 3 aliphatic heterocycles. The smallest absolute Gasteiger partial charge is 0.264 e. The molecule has 0 radical (unpaired) electrons. The molecule has 4 rings (SSSR count). The highest BCUT2D eigenvalue weighted by atomic mass is 16.2. The molecule has 1 aromatic rings. The maximum atomic E-state index is 12.9. The first kappa shape index (κ1) is 16.7. The van der Waals surface area contributed by atoms with Gasteiger partial charge < -0.3 is 10.6 Å². The van der Waals surface area contributed by atoms with Crippen LogP contribution in [0.15, 0.2) is 18.2 Å². The standard InChI is InChI=1S/C18H20N4O4/c23-14-5-4-13(16(24)21-14)22-17(25)11-2-1-3-12(15(11)18(22)26)20-9-10-6-7-19-8-10/h1-3,10,13,19-20H,4-9H2,(H,21,23,24). The van der Waals surface area contributed by atoms with Gasteiger partial charge in [-0.1, -0.05) is 6.07 Å². The van der Waals surface area contributed by atoms with Crippen LogP contribution in [0.4, 0.5) is 5.69 Å². The van der Waals surface area contributed by atoms with Gasteiger partial charge in [0.2, 0.25) is 11.8 Å². The molecular weight excluding hydrogens is 336 g/mol. The summed E-state index contributed by atoms with van der Waals surface area (Å²) in [6.45, 7) is 2.63. The fourth-order valence-electron chi connectivity index (χ4n) is 3.81. The summed E-state index contributed by atoms with van der Waals surface area (Å²) in [6, 6.07) is 4.17. The summed E-state index contributed by atoms with van der Waals surface area (Å²) in [5.41, 5.74) is 1.23. The van der Waals surface area contributed by atoms with E-state index in [-0.39, 0.29) is 18.7 Å². The number of hydrogen-bond donors (Lipinski definition) is 3. The summed E-state index contributed by atoms with van der Waals surface area (Å²) < 4.78 is 0. The number of nitrogens with zero attached hydrogens (tertiary/aromatic N) is 1. The van der Waals surface area contributed by atoms with E-state index in [1.54, 1.807) is 18.2 Å². The van der Waals surface area contributed by atoms with E-state index in [1.165, 1.54) is 0 Å². The zero-order chi connectivity index (χ0) is 18.3. The Morgan fingerprint density at radius 1 is 1.12 bits per heavy atom. The molecule has 0 aliphatic carbocycles. The molecule has 0 saturated carbocycles.